The van der Waals surface area contributed by atoms with E-state index < -0.39 is 5.97 Å². The van der Waals surface area contributed by atoms with Crippen LogP contribution in [0.2, 0.25) is 0 Å². The van der Waals surface area contributed by atoms with Gasteiger partial charge in [-0.15, -0.1) is 11.3 Å². The summed E-state index contributed by atoms with van der Waals surface area (Å²) in [5.41, 5.74) is 2.74. The topological polar surface area (TPSA) is 93.5 Å². The lowest BCUT2D eigenvalue weighted by atomic mass is 10.1. The molecule has 0 unspecified atom stereocenters. The van der Waals surface area contributed by atoms with E-state index in [0.717, 1.165) is 11.3 Å². The average molecular weight is 421 g/mol. The zero-order valence-corrected chi connectivity index (χ0v) is 17.4. The molecule has 3 aromatic rings. The third kappa shape index (κ3) is 4.42. The molecule has 1 N–H and O–H groups in total. The van der Waals surface area contributed by atoms with E-state index in [2.05, 4.69) is 16.4 Å². The summed E-state index contributed by atoms with van der Waals surface area (Å²) >= 11 is 1.36. The fourth-order valence-electron chi connectivity index (χ4n) is 2.71. The third-order valence-electron chi connectivity index (χ3n) is 4.23. The van der Waals surface area contributed by atoms with Crippen LogP contribution in [0.15, 0.2) is 54.0 Å². The van der Waals surface area contributed by atoms with Gasteiger partial charge in [-0.25, -0.2) is 9.78 Å². The standard InChI is InChI=1S/C22H19N3O4S/c1-27-19-9-16(22(26)29-3)17(10-20(19)28-2)24-12-15(11-23)21-25-18(13-30-21)14-7-5-4-6-8-14/h4-10,12-13,24H,1-3H3. The van der Waals surface area contributed by atoms with Crippen LogP contribution in [0, 0.1) is 11.3 Å². The normalized spacial score (nSPS) is 10.8. The van der Waals surface area contributed by atoms with Gasteiger partial charge in [0, 0.05) is 29.3 Å². The van der Waals surface area contributed by atoms with Gasteiger partial charge in [0.25, 0.3) is 0 Å². The lowest BCUT2D eigenvalue weighted by molar-refractivity contribution is 0.0601. The monoisotopic (exact) mass is 421 g/mol. The van der Waals surface area contributed by atoms with Crippen molar-refractivity contribution in [3.63, 3.8) is 0 Å². The maximum atomic E-state index is 12.2. The number of thiazole rings is 1. The summed E-state index contributed by atoms with van der Waals surface area (Å²) in [5, 5.41) is 15.1. The number of hydrogen-bond donors (Lipinski definition) is 1. The molecule has 152 valence electrons. The first kappa shape index (κ1) is 20.9. The molecule has 0 aliphatic heterocycles. The number of benzene rings is 2. The van der Waals surface area contributed by atoms with Gasteiger partial charge in [-0.2, -0.15) is 5.26 Å². The Bertz CT molecular complexity index is 1120. The number of hydrogen-bond acceptors (Lipinski definition) is 8. The van der Waals surface area contributed by atoms with Gasteiger partial charge < -0.3 is 19.5 Å². The average Bonchev–Trinajstić information content (AvgIpc) is 3.29. The predicted molar refractivity (Wildman–Crippen MR) is 116 cm³/mol. The Morgan fingerprint density at radius 2 is 1.83 bits per heavy atom. The zero-order valence-electron chi connectivity index (χ0n) is 16.6. The number of methoxy groups -OCH3 is 3. The predicted octanol–water partition coefficient (Wildman–Crippen LogP) is 4.59. The van der Waals surface area contributed by atoms with E-state index in [-0.39, 0.29) is 5.56 Å². The molecular weight excluding hydrogens is 402 g/mol. The second-order valence-corrected chi connectivity index (χ2v) is 6.82. The van der Waals surface area contributed by atoms with Gasteiger partial charge in [-0.1, -0.05) is 30.3 Å². The number of nitriles is 1. The van der Waals surface area contributed by atoms with Crippen molar-refractivity contribution in [2.24, 2.45) is 0 Å². The van der Waals surface area contributed by atoms with Crippen molar-refractivity contribution >= 4 is 28.6 Å². The smallest absolute Gasteiger partial charge is 0.340 e. The van der Waals surface area contributed by atoms with Crippen LogP contribution in [0.3, 0.4) is 0 Å². The van der Waals surface area contributed by atoms with Crippen LogP contribution in [0.1, 0.15) is 15.4 Å². The largest absolute Gasteiger partial charge is 0.493 e. The number of anilines is 1. The van der Waals surface area contributed by atoms with Gasteiger partial charge in [0.2, 0.25) is 0 Å². The molecule has 1 aromatic heterocycles. The van der Waals surface area contributed by atoms with E-state index in [4.69, 9.17) is 14.2 Å². The second-order valence-electron chi connectivity index (χ2n) is 5.96. The maximum absolute atomic E-state index is 12.2. The van der Waals surface area contributed by atoms with E-state index in [9.17, 15) is 10.1 Å². The van der Waals surface area contributed by atoms with Crippen LogP contribution in [0.5, 0.6) is 11.5 Å². The molecule has 0 atom stereocenters. The number of aromatic nitrogens is 1. The summed E-state index contributed by atoms with van der Waals surface area (Å²) in [4.78, 5) is 16.7. The lowest BCUT2D eigenvalue weighted by Crippen LogP contribution is -2.07. The van der Waals surface area contributed by atoms with E-state index >= 15 is 0 Å². The van der Waals surface area contributed by atoms with E-state index in [1.165, 1.54) is 44.9 Å². The number of rotatable bonds is 7. The molecule has 0 saturated heterocycles. The van der Waals surface area contributed by atoms with Gasteiger partial charge in [-0.05, 0) is 0 Å². The first-order valence-electron chi connectivity index (χ1n) is 8.83. The number of carbonyl (C=O) groups is 1. The molecule has 0 spiro atoms. The number of ether oxygens (including phenoxy) is 3. The van der Waals surface area contributed by atoms with Crippen LogP contribution in [-0.2, 0) is 4.74 Å². The minimum Gasteiger partial charge on any atom is -0.493 e. The van der Waals surface area contributed by atoms with Crippen LogP contribution >= 0.6 is 11.3 Å². The summed E-state index contributed by atoms with van der Waals surface area (Å²) in [5.74, 6) is 0.270. The van der Waals surface area contributed by atoms with Gasteiger partial charge in [0.15, 0.2) is 11.5 Å². The van der Waals surface area contributed by atoms with Crippen molar-refractivity contribution in [1.29, 1.82) is 5.26 Å². The Morgan fingerprint density at radius 1 is 1.13 bits per heavy atom. The van der Waals surface area contributed by atoms with Gasteiger partial charge in [0.05, 0.1) is 38.3 Å². The first-order valence-corrected chi connectivity index (χ1v) is 9.71. The maximum Gasteiger partial charge on any atom is 0.340 e. The molecule has 3 rings (SSSR count). The summed E-state index contributed by atoms with van der Waals surface area (Å²) in [6.45, 7) is 0. The SMILES string of the molecule is COC(=O)c1cc(OC)c(OC)cc1NC=C(C#N)c1nc(-c2ccccc2)cs1. The molecule has 0 bridgehead atoms. The van der Waals surface area contributed by atoms with Crippen LogP contribution in [-0.4, -0.2) is 32.3 Å². The zero-order chi connectivity index (χ0) is 21.5. The van der Waals surface area contributed by atoms with Crippen molar-refractivity contribution in [2.45, 2.75) is 0 Å². The number of nitrogens with zero attached hydrogens (tertiary/aromatic N) is 2. The van der Waals surface area contributed by atoms with Crippen molar-refractivity contribution in [3.05, 3.63) is 64.6 Å². The minimum absolute atomic E-state index is 0.243. The molecule has 8 heteroatoms. The van der Waals surface area contributed by atoms with E-state index in [1.54, 1.807) is 6.07 Å². The summed E-state index contributed by atoms with van der Waals surface area (Å²) in [7, 11) is 4.27. The molecule has 7 nitrogen and oxygen atoms in total. The summed E-state index contributed by atoms with van der Waals surface area (Å²) in [6.07, 6.45) is 1.50. The highest BCUT2D eigenvalue weighted by molar-refractivity contribution is 7.11. The lowest BCUT2D eigenvalue weighted by Gasteiger charge is -2.13. The Kier molecular flexibility index (Phi) is 6.67. The molecule has 0 aliphatic carbocycles. The summed E-state index contributed by atoms with van der Waals surface area (Å²) in [6, 6.07) is 15.0. The highest BCUT2D eigenvalue weighted by Crippen LogP contribution is 2.34. The molecule has 0 amide bonds. The molecule has 2 aromatic carbocycles. The molecule has 30 heavy (non-hydrogen) atoms. The Balaban J connectivity index is 1.94. The quantitative estimate of drug-likeness (QED) is 0.440. The van der Waals surface area contributed by atoms with Gasteiger partial charge in [0.1, 0.15) is 16.6 Å². The minimum atomic E-state index is -0.550. The van der Waals surface area contributed by atoms with Crippen molar-refractivity contribution in [3.8, 4) is 28.8 Å². The molecule has 1 heterocycles. The van der Waals surface area contributed by atoms with Crippen LogP contribution in [0.25, 0.3) is 16.8 Å². The number of esters is 1. The number of nitrogens with one attached hydrogen (secondary N) is 1. The Morgan fingerprint density at radius 3 is 2.47 bits per heavy atom. The first-order chi connectivity index (χ1) is 14.6. The van der Waals surface area contributed by atoms with Crippen molar-refractivity contribution in [1.82, 2.24) is 4.98 Å². The molecule has 0 saturated carbocycles. The molecular formula is C22H19N3O4S. The molecule has 0 fully saturated rings. The van der Waals surface area contributed by atoms with E-state index in [0.29, 0.717) is 27.8 Å². The van der Waals surface area contributed by atoms with Crippen LogP contribution < -0.4 is 14.8 Å². The third-order valence-corrected chi connectivity index (χ3v) is 5.10. The fraction of sp³-hybridized carbons (Fsp3) is 0.136. The van der Waals surface area contributed by atoms with Gasteiger partial charge >= 0.3 is 5.97 Å². The molecule has 0 aliphatic rings. The van der Waals surface area contributed by atoms with Gasteiger partial charge in [-0.3, -0.25) is 0 Å². The van der Waals surface area contributed by atoms with Crippen molar-refractivity contribution in [2.75, 3.05) is 26.6 Å². The fourth-order valence-corrected chi connectivity index (χ4v) is 3.50. The summed E-state index contributed by atoms with van der Waals surface area (Å²) < 4.78 is 15.4. The highest BCUT2D eigenvalue weighted by atomic mass is 32.1. The Hall–Kier alpha value is -3.83. The highest BCUT2D eigenvalue weighted by Gasteiger charge is 2.17. The van der Waals surface area contributed by atoms with E-state index in [1.807, 2.05) is 35.7 Å². The molecule has 0 radical (unpaired) electrons. The number of carbonyl (C=O) groups excluding carboxylic acids is 1. The van der Waals surface area contributed by atoms with Crippen LogP contribution in [0.4, 0.5) is 5.69 Å². The second kappa shape index (κ2) is 9.58. The van der Waals surface area contributed by atoms with Crippen molar-refractivity contribution < 1.29 is 19.0 Å². The number of allylic oxidation sites excluding steroid dienone is 1. The Labute approximate surface area is 178 Å².